The predicted octanol–water partition coefficient (Wildman–Crippen LogP) is 6.38. The molecule has 1 amide bonds. The number of hydrogen-bond donors (Lipinski definition) is 9. The third kappa shape index (κ3) is 24.4. The summed E-state index contributed by atoms with van der Waals surface area (Å²) in [4.78, 5) is 13.1. The van der Waals surface area contributed by atoms with Crippen molar-refractivity contribution in [2.24, 2.45) is 0 Å². The van der Waals surface area contributed by atoms with Gasteiger partial charge in [-0.1, -0.05) is 187 Å². The number of carbonyl (C=O) groups is 1. The first-order valence-electron chi connectivity index (χ1n) is 25.4. The predicted molar refractivity (Wildman–Crippen MR) is 245 cm³/mol. The van der Waals surface area contributed by atoms with Gasteiger partial charge in [0.2, 0.25) is 5.91 Å². The summed E-state index contributed by atoms with van der Waals surface area (Å²) in [7, 11) is 0. The molecule has 14 nitrogen and oxygen atoms in total. The average Bonchev–Trinajstić information content (AvgIpc) is 3.28. The van der Waals surface area contributed by atoms with E-state index in [0.717, 1.165) is 38.5 Å². The van der Waals surface area contributed by atoms with E-state index in [1.54, 1.807) is 6.08 Å². The summed E-state index contributed by atoms with van der Waals surface area (Å²) in [6, 6.07) is -0.907. The van der Waals surface area contributed by atoms with Crippen LogP contribution in [0.2, 0.25) is 0 Å². The molecule has 63 heavy (non-hydrogen) atoms. The SMILES string of the molecule is CCCCCCCCCCCCCCCCC/C=C/[C@@H](O)[C@H](CO[C@@H]1O[C@H](CO)[C@@H](O[C@@H]2O[C@H](CO)[C@H](O)C(O)C2O)C(O)C1O)NC(=O)CCCCCCCCCCCCCC. The number of hydrogen-bond acceptors (Lipinski definition) is 13. The van der Waals surface area contributed by atoms with Gasteiger partial charge in [-0.2, -0.15) is 0 Å². The number of allylic oxidation sites excluding steroid dienone is 1. The average molecular weight is 904 g/mol. The molecule has 2 fully saturated rings. The zero-order chi connectivity index (χ0) is 46.1. The molecule has 0 radical (unpaired) electrons. The lowest BCUT2D eigenvalue weighted by Gasteiger charge is -2.46. The molecule has 0 aliphatic carbocycles. The van der Waals surface area contributed by atoms with E-state index >= 15 is 0 Å². The first-order chi connectivity index (χ1) is 30.6. The Morgan fingerprint density at radius 1 is 0.556 bits per heavy atom. The molecule has 372 valence electrons. The van der Waals surface area contributed by atoms with E-state index in [9.17, 15) is 45.6 Å². The van der Waals surface area contributed by atoms with E-state index in [0.29, 0.717) is 6.42 Å². The van der Waals surface area contributed by atoms with Crippen LogP contribution in [0.15, 0.2) is 12.2 Å². The highest BCUT2D eigenvalue weighted by atomic mass is 16.7. The molecule has 0 aromatic rings. The highest BCUT2D eigenvalue weighted by Gasteiger charge is 2.51. The van der Waals surface area contributed by atoms with Crippen LogP contribution in [0.25, 0.3) is 0 Å². The van der Waals surface area contributed by atoms with Gasteiger partial charge in [-0.25, -0.2) is 0 Å². The maximum Gasteiger partial charge on any atom is 0.220 e. The van der Waals surface area contributed by atoms with E-state index in [-0.39, 0.29) is 18.9 Å². The molecule has 2 aliphatic rings. The Balaban J connectivity index is 1.85. The molecule has 0 spiro atoms. The Hall–Kier alpha value is -1.27. The molecule has 2 aliphatic heterocycles. The lowest BCUT2D eigenvalue weighted by atomic mass is 9.97. The van der Waals surface area contributed by atoms with Crippen LogP contribution in [0.4, 0.5) is 0 Å². The minimum atomic E-state index is -1.78. The molecular weight excluding hydrogens is 811 g/mol. The number of unbranched alkanes of at least 4 members (excludes halogenated alkanes) is 26. The van der Waals surface area contributed by atoms with Gasteiger partial charge in [-0.05, 0) is 19.3 Å². The fourth-order valence-corrected chi connectivity index (χ4v) is 8.53. The van der Waals surface area contributed by atoms with E-state index in [1.807, 2.05) is 6.08 Å². The number of ether oxygens (including phenoxy) is 4. The molecular formula is C49H93NO13. The van der Waals surface area contributed by atoms with Gasteiger partial charge in [0.25, 0.3) is 0 Å². The highest BCUT2D eigenvalue weighted by Crippen LogP contribution is 2.30. The molecule has 0 saturated carbocycles. The molecule has 0 bridgehead atoms. The second-order valence-electron chi connectivity index (χ2n) is 18.3. The molecule has 0 aromatic heterocycles. The van der Waals surface area contributed by atoms with E-state index in [1.165, 1.54) is 135 Å². The van der Waals surface area contributed by atoms with Gasteiger partial charge in [0, 0.05) is 6.42 Å². The zero-order valence-corrected chi connectivity index (χ0v) is 39.3. The van der Waals surface area contributed by atoms with Crippen LogP contribution in [0, 0.1) is 0 Å². The number of amides is 1. The number of carbonyl (C=O) groups excluding carboxylic acids is 1. The Morgan fingerprint density at radius 3 is 1.46 bits per heavy atom. The Labute approximate surface area is 380 Å². The van der Waals surface area contributed by atoms with Gasteiger partial charge in [0.05, 0.1) is 32.0 Å². The van der Waals surface area contributed by atoms with Gasteiger partial charge in [0.1, 0.15) is 48.8 Å². The van der Waals surface area contributed by atoms with Crippen LogP contribution in [0.1, 0.15) is 200 Å². The van der Waals surface area contributed by atoms with Gasteiger partial charge in [0.15, 0.2) is 12.6 Å². The summed E-state index contributed by atoms with van der Waals surface area (Å²) >= 11 is 0. The first kappa shape index (κ1) is 57.9. The molecule has 14 heteroatoms. The van der Waals surface area contributed by atoms with Crippen molar-refractivity contribution >= 4 is 5.91 Å². The number of rotatable bonds is 39. The van der Waals surface area contributed by atoms with Crippen LogP contribution in [0.5, 0.6) is 0 Å². The van der Waals surface area contributed by atoms with Gasteiger partial charge < -0.3 is 65.1 Å². The molecule has 12 atom stereocenters. The van der Waals surface area contributed by atoms with E-state index in [4.69, 9.17) is 18.9 Å². The molecule has 2 heterocycles. The summed E-state index contributed by atoms with van der Waals surface area (Å²) in [6.45, 7) is 2.78. The summed E-state index contributed by atoms with van der Waals surface area (Å²) < 4.78 is 22.7. The number of aliphatic hydroxyl groups is 8. The van der Waals surface area contributed by atoms with Crippen LogP contribution in [-0.4, -0.2) is 140 Å². The molecule has 2 rings (SSSR count). The fraction of sp³-hybridized carbons (Fsp3) is 0.939. The topological polar surface area (TPSA) is 228 Å². The van der Waals surface area contributed by atoms with Crippen molar-refractivity contribution in [3.05, 3.63) is 12.2 Å². The van der Waals surface area contributed by atoms with Crippen LogP contribution in [0.3, 0.4) is 0 Å². The lowest BCUT2D eigenvalue weighted by molar-refractivity contribution is -0.359. The van der Waals surface area contributed by atoms with Gasteiger partial charge in [-0.3, -0.25) is 4.79 Å². The minimum Gasteiger partial charge on any atom is -0.394 e. The standard InChI is InChI=1S/C49H93NO13/c1-3-5-7-9-11-13-15-17-18-19-20-21-22-24-26-28-30-32-38(53)37(50-41(54)33-31-29-27-25-23-16-14-12-10-8-6-4-2)36-60-48-46(59)44(57)47(40(35-52)62-48)63-49-45(58)43(56)42(55)39(34-51)61-49/h30,32,37-40,42-49,51-53,55-59H,3-29,31,33-36H2,1-2H3,(H,50,54)/b32-30+/t37-,38+,39+,40+,42-,43?,44?,45?,46?,47+,48+,49-/m0/s1. The summed E-state index contributed by atoms with van der Waals surface area (Å²) in [5.74, 6) is -0.239. The van der Waals surface area contributed by atoms with Crippen molar-refractivity contribution in [2.45, 2.75) is 274 Å². The van der Waals surface area contributed by atoms with Crippen LogP contribution in [-0.2, 0) is 23.7 Å². The maximum absolute atomic E-state index is 13.1. The smallest absolute Gasteiger partial charge is 0.220 e. The fourth-order valence-electron chi connectivity index (χ4n) is 8.53. The van der Waals surface area contributed by atoms with Crippen molar-refractivity contribution in [2.75, 3.05) is 19.8 Å². The minimum absolute atomic E-state index is 0.239. The molecule has 9 N–H and O–H groups in total. The number of aliphatic hydroxyl groups excluding tert-OH is 8. The Morgan fingerprint density at radius 2 is 0.984 bits per heavy atom. The third-order valence-corrected chi connectivity index (χ3v) is 12.7. The van der Waals surface area contributed by atoms with Gasteiger partial charge in [-0.15, -0.1) is 0 Å². The monoisotopic (exact) mass is 904 g/mol. The second-order valence-corrected chi connectivity index (χ2v) is 18.3. The van der Waals surface area contributed by atoms with Crippen molar-refractivity contribution < 1.29 is 64.6 Å². The summed E-state index contributed by atoms with van der Waals surface area (Å²) in [5, 5.41) is 86.7. The third-order valence-electron chi connectivity index (χ3n) is 12.7. The van der Waals surface area contributed by atoms with Crippen molar-refractivity contribution in [1.29, 1.82) is 0 Å². The highest BCUT2D eigenvalue weighted by molar-refractivity contribution is 5.76. The summed E-state index contributed by atoms with van der Waals surface area (Å²) in [6.07, 6.45) is 21.1. The van der Waals surface area contributed by atoms with E-state index in [2.05, 4.69) is 19.2 Å². The van der Waals surface area contributed by atoms with Crippen molar-refractivity contribution in [1.82, 2.24) is 5.32 Å². The quantitative estimate of drug-likeness (QED) is 0.0241. The van der Waals surface area contributed by atoms with Crippen LogP contribution < -0.4 is 5.32 Å². The molecule has 2 saturated heterocycles. The first-order valence-corrected chi connectivity index (χ1v) is 25.4. The zero-order valence-electron chi connectivity index (χ0n) is 39.3. The Kier molecular flexibility index (Phi) is 33.8. The normalized spacial score (nSPS) is 27.5. The van der Waals surface area contributed by atoms with Crippen LogP contribution >= 0.6 is 0 Å². The molecule has 4 unspecified atom stereocenters. The van der Waals surface area contributed by atoms with Crippen molar-refractivity contribution in [3.63, 3.8) is 0 Å². The Bertz CT molecular complexity index is 1120. The summed E-state index contributed by atoms with van der Waals surface area (Å²) in [5.41, 5.74) is 0. The largest absolute Gasteiger partial charge is 0.394 e. The molecule has 0 aromatic carbocycles. The van der Waals surface area contributed by atoms with Crippen molar-refractivity contribution in [3.8, 4) is 0 Å². The number of nitrogens with one attached hydrogen (secondary N) is 1. The van der Waals surface area contributed by atoms with Gasteiger partial charge >= 0.3 is 0 Å². The second kappa shape index (κ2) is 36.8. The van der Waals surface area contributed by atoms with E-state index < -0.39 is 86.8 Å². The lowest BCUT2D eigenvalue weighted by Crippen LogP contribution is -2.65. The maximum atomic E-state index is 13.1.